The molecule has 1 aliphatic carbocycles. The number of hydrogen-bond donors (Lipinski definition) is 2. The number of hydrogen-bond acceptors (Lipinski definition) is 2. The molecule has 0 spiro atoms. The Labute approximate surface area is 99.6 Å². The quantitative estimate of drug-likeness (QED) is 0.839. The van der Waals surface area contributed by atoms with Crippen molar-refractivity contribution < 1.29 is 14.7 Å². The Kier molecular flexibility index (Phi) is 3.42. The second-order valence-corrected chi connectivity index (χ2v) is 4.34. The molecule has 2 rings (SSSR count). The van der Waals surface area contributed by atoms with Gasteiger partial charge in [-0.15, -0.1) is 0 Å². The van der Waals surface area contributed by atoms with Crippen molar-refractivity contribution in [3.8, 4) is 0 Å². The van der Waals surface area contributed by atoms with Gasteiger partial charge < -0.3 is 10.4 Å². The summed E-state index contributed by atoms with van der Waals surface area (Å²) in [5, 5.41) is 11.7. The van der Waals surface area contributed by atoms with Crippen molar-refractivity contribution in [3.05, 3.63) is 35.4 Å². The summed E-state index contributed by atoms with van der Waals surface area (Å²) in [7, 11) is 0. The van der Waals surface area contributed by atoms with E-state index in [1.54, 1.807) is 12.1 Å². The number of amides is 1. The van der Waals surface area contributed by atoms with Crippen LogP contribution in [0.5, 0.6) is 0 Å². The number of carbonyl (C=O) groups excluding carboxylic acids is 1. The topological polar surface area (TPSA) is 66.4 Å². The molecule has 1 aromatic rings. The lowest BCUT2D eigenvalue weighted by Crippen LogP contribution is -2.32. The molecule has 90 valence electrons. The van der Waals surface area contributed by atoms with Crippen LogP contribution in [0.2, 0.25) is 0 Å². The van der Waals surface area contributed by atoms with Crippen LogP contribution in [-0.4, -0.2) is 23.0 Å². The predicted octanol–water partition coefficient (Wildman–Crippen LogP) is 2.06. The first-order chi connectivity index (χ1) is 8.16. The molecule has 0 aromatic heterocycles. The molecule has 2 N–H and O–H groups in total. The van der Waals surface area contributed by atoms with Gasteiger partial charge in [0.2, 0.25) is 0 Å². The molecule has 4 nitrogen and oxygen atoms in total. The van der Waals surface area contributed by atoms with Gasteiger partial charge in [-0.25, -0.2) is 4.79 Å². The zero-order chi connectivity index (χ0) is 12.3. The third-order valence-corrected chi connectivity index (χ3v) is 3.08. The van der Waals surface area contributed by atoms with Gasteiger partial charge in [-0.3, -0.25) is 4.79 Å². The minimum Gasteiger partial charge on any atom is -0.478 e. The number of rotatable bonds is 3. The number of carboxylic acids is 1. The van der Waals surface area contributed by atoms with E-state index < -0.39 is 5.97 Å². The second kappa shape index (κ2) is 4.99. The molecule has 1 aromatic carbocycles. The second-order valence-electron chi connectivity index (χ2n) is 4.34. The summed E-state index contributed by atoms with van der Waals surface area (Å²) >= 11 is 0. The Balaban J connectivity index is 2.01. The van der Waals surface area contributed by atoms with E-state index >= 15 is 0 Å². The van der Waals surface area contributed by atoms with Crippen LogP contribution < -0.4 is 5.32 Å². The molecular weight excluding hydrogens is 218 g/mol. The van der Waals surface area contributed by atoms with Crippen LogP contribution in [0.3, 0.4) is 0 Å². The third kappa shape index (κ3) is 2.84. The van der Waals surface area contributed by atoms with E-state index in [1.807, 2.05) is 0 Å². The number of nitrogens with one attached hydrogen (secondary N) is 1. The molecular formula is C13H15NO3. The lowest BCUT2D eigenvalue weighted by molar-refractivity contribution is 0.0696. The van der Waals surface area contributed by atoms with Gasteiger partial charge in [0.25, 0.3) is 5.91 Å². The van der Waals surface area contributed by atoms with Gasteiger partial charge in [0.1, 0.15) is 0 Å². The van der Waals surface area contributed by atoms with Gasteiger partial charge in [-0.05, 0) is 37.1 Å². The first-order valence-electron chi connectivity index (χ1n) is 5.81. The van der Waals surface area contributed by atoms with Crippen molar-refractivity contribution in [2.24, 2.45) is 0 Å². The number of carbonyl (C=O) groups is 2. The highest BCUT2D eigenvalue weighted by Crippen LogP contribution is 2.18. The van der Waals surface area contributed by atoms with Gasteiger partial charge in [0.05, 0.1) is 5.56 Å². The van der Waals surface area contributed by atoms with E-state index in [1.165, 1.54) is 25.0 Å². The zero-order valence-electron chi connectivity index (χ0n) is 9.48. The van der Waals surface area contributed by atoms with Crippen molar-refractivity contribution >= 4 is 11.9 Å². The maximum atomic E-state index is 11.8. The Morgan fingerprint density at radius 1 is 1.06 bits per heavy atom. The first kappa shape index (κ1) is 11.6. The molecule has 4 heteroatoms. The minimum absolute atomic E-state index is 0.117. The zero-order valence-corrected chi connectivity index (χ0v) is 9.48. The molecule has 1 aliphatic rings. The Morgan fingerprint density at radius 2 is 1.59 bits per heavy atom. The van der Waals surface area contributed by atoms with Crippen molar-refractivity contribution in [1.29, 1.82) is 0 Å². The summed E-state index contributed by atoms with van der Waals surface area (Å²) < 4.78 is 0. The van der Waals surface area contributed by atoms with Crippen LogP contribution >= 0.6 is 0 Å². The Hall–Kier alpha value is -1.84. The Morgan fingerprint density at radius 3 is 2.12 bits per heavy atom. The van der Waals surface area contributed by atoms with E-state index in [0.717, 1.165) is 12.8 Å². The molecule has 0 bridgehead atoms. The van der Waals surface area contributed by atoms with Crippen molar-refractivity contribution in [1.82, 2.24) is 5.32 Å². The number of benzene rings is 1. The fourth-order valence-corrected chi connectivity index (χ4v) is 2.10. The van der Waals surface area contributed by atoms with Crippen LogP contribution in [0, 0.1) is 0 Å². The summed E-state index contributed by atoms with van der Waals surface area (Å²) in [6.07, 6.45) is 4.42. The molecule has 0 saturated heterocycles. The largest absolute Gasteiger partial charge is 0.478 e. The lowest BCUT2D eigenvalue weighted by Gasteiger charge is -2.11. The smallest absolute Gasteiger partial charge is 0.335 e. The molecule has 1 saturated carbocycles. The molecule has 0 radical (unpaired) electrons. The highest BCUT2D eigenvalue weighted by Gasteiger charge is 2.17. The molecule has 0 unspecified atom stereocenters. The van der Waals surface area contributed by atoms with E-state index in [4.69, 9.17) is 5.11 Å². The predicted molar refractivity (Wildman–Crippen MR) is 63.1 cm³/mol. The molecule has 1 amide bonds. The summed E-state index contributed by atoms with van der Waals surface area (Å²) in [5.74, 6) is -1.10. The van der Waals surface area contributed by atoms with Gasteiger partial charge in [-0.2, -0.15) is 0 Å². The van der Waals surface area contributed by atoms with Crippen molar-refractivity contribution in [2.75, 3.05) is 0 Å². The monoisotopic (exact) mass is 233 g/mol. The molecule has 0 atom stereocenters. The highest BCUT2D eigenvalue weighted by atomic mass is 16.4. The van der Waals surface area contributed by atoms with Crippen molar-refractivity contribution in [2.45, 2.75) is 31.7 Å². The van der Waals surface area contributed by atoms with Crippen LogP contribution in [0.25, 0.3) is 0 Å². The fourth-order valence-electron chi connectivity index (χ4n) is 2.10. The summed E-state index contributed by atoms with van der Waals surface area (Å²) in [6, 6.07) is 6.28. The highest BCUT2D eigenvalue weighted by molar-refractivity contribution is 5.96. The summed E-state index contributed by atoms with van der Waals surface area (Å²) in [4.78, 5) is 22.5. The number of carboxylic acid groups (broad SMARTS) is 1. The molecule has 17 heavy (non-hydrogen) atoms. The van der Waals surface area contributed by atoms with Crippen LogP contribution in [-0.2, 0) is 0 Å². The average molecular weight is 233 g/mol. The van der Waals surface area contributed by atoms with Crippen molar-refractivity contribution in [3.63, 3.8) is 0 Å². The molecule has 1 fully saturated rings. The molecule has 0 heterocycles. The van der Waals surface area contributed by atoms with E-state index in [-0.39, 0.29) is 17.5 Å². The lowest BCUT2D eigenvalue weighted by atomic mass is 10.1. The third-order valence-electron chi connectivity index (χ3n) is 3.08. The standard InChI is InChI=1S/C13H15NO3/c15-12(14-11-3-1-2-4-11)9-5-7-10(8-6-9)13(16)17/h5-8,11H,1-4H2,(H,14,15)(H,16,17). The van der Waals surface area contributed by atoms with Gasteiger partial charge in [-0.1, -0.05) is 12.8 Å². The summed E-state index contributed by atoms with van der Waals surface area (Å²) in [5.41, 5.74) is 0.712. The van der Waals surface area contributed by atoms with Crippen LogP contribution in [0.4, 0.5) is 0 Å². The van der Waals surface area contributed by atoms with E-state index in [2.05, 4.69) is 5.32 Å². The summed E-state index contributed by atoms with van der Waals surface area (Å²) in [6.45, 7) is 0. The average Bonchev–Trinajstić information content (AvgIpc) is 2.82. The van der Waals surface area contributed by atoms with Crippen LogP contribution in [0.15, 0.2) is 24.3 Å². The maximum absolute atomic E-state index is 11.8. The minimum atomic E-state index is -0.979. The molecule has 0 aliphatic heterocycles. The number of aromatic carboxylic acids is 1. The van der Waals surface area contributed by atoms with Gasteiger partial charge in [0.15, 0.2) is 0 Å². The Bertz CT molecular complexity index is 419. The first-order valence-corrected chi connectivity index (χ1v) is 5.81. The van der Waals surface area contributed by atoms with E-state index in [0.29, 0.717) is 5.56 Å². The van der Waals surface area contributed by atoms with Gasteiger partial charge >= 0.3 is 5.97 Å². The fraction of sp³-hybridized carbons (Fsp3) is 0.385. The maximum Gasteiger partial charge on any atom is 0.335 e. The van der Waals surface area contributed by atoms with Gasteiger partial charge in [0, 0.05) is 11.6 Å². The van der Waals surface area contributed by atoms with Crippen LogP contribution in [0.1, 0.15) is 46.4 Å². The SMILES string of the molecule is O=C(O)c1ccc(C(=O)NC2CCCC2)cc1. The normalized spacial score (nSPS) is 15.8. The van der Waals surface area contributed by atoms with E-state index in [9.17, 15) is 9.59 Å².